The lowest BCUT2D eigenvalue weighted by molar-refractivity contribution is 0.0515. The minimum Gasteiger partial charge on any atom is -0.381 e. The van der Waals surface area contributed by atoms with Gasteiger partial charge in [-0.1, -0.05) is 44.2 Å². The fourth-order valence-corrected chi connectivity index (χ4v) is 5.23. The maximum atomic E-state index is 5.63. The largest absolute Gasteiger partial charge is 0.381 e. The third-order valence-electron chi connectivity index (χ3n) is 6.62. The van der Waals surface area contributed by atoms with Crippen LogP contribution in [0.1, 0.15) is 38.7 Å². The van der Waals surface area contributed by atoms with Crippen LogP contribution in [-0.2, 0) is 10.2 Å². The molecule has 2 N–H and O–H groups in total. The second kappa shape index (κ2) is 9.96. The predicted molar refractivity (Wildman–Crippen MR) is 132 cm³/mol. The zero-order valence-electron chi connectivity index (χ0n) is 18.6. The van der Waals surface area contributed by atoms with E-state index in [9.17, 15) is 0 Å². The Balaban J connectivity index is 1.35. The summed E-state index contributed by atoms with van der Waals surface area (Å²) in [6.45, 7) is 9.17. The summed E-state index contributed by atoms with van der Waals surface area (Å²) in [4.78, 5) is 7.09. The topological polar surface area (TPSA) is 49.4 Å². The summed E-state index contributed by atoms with van der Waals surface area (Å²) in [7, 11) is 0. The van der Waals surface area contributed by atoms with Crippen molar-refractivity contribution in [2.24, 2.45) is 11.8 Å². The summed E-state index contributed by atoms with van der Waals surface area (Å²) in [5, 5.41) is 7.40. The fourth-order valence-electron chi connectivity index (χ4n) is 5.04. The lowest BCUT2D eigenvalue weighted by Crippen LogP contribution is -2.45. The average molecular weight is 439 g/mol. The molecule has 0 spiro atoms. The first-order chi connectivity index (χ1) is 15.0. The normalized spacial score (nSPS) is 23.2. The van der Waals surface area contributed by atoms with Crippen LogP contribution in [-0.4, -0.2) is 42.9 Å². The molecule has 2 saturated heterocycles. The van der Waals surface area contributed by atoms with Gasteiger partial charge in [0.05, 0.1) is 11.9 Å². The molecule has 0 unspecified atom stereocenters. The molecule has 0 radical (unpaired) electrons. The van der Waals surface area contributed by atoms with Crippen LogP contribution in [0.5, 0.6) is 0 Å². The van der Waals surface area contributed by atoms with Gasteiger partial charge in [-0.2, -0.15) is 0 Å². The number of ether oxygens (including phenoxy) is 1. The summed E-state index contributed by atoms with van der Waals surface area (Å²) >= 11 is 5.60. The van der Waals surface area contributed by atoms with Crippen LogP contribution in [0.2, 0.25) is 0 Å². The van der Waals surface area contributed by atoms with Crippen molar-refractivity contribution in [3.63, 3.8) is 0 Å². The molecule has 0 amide bonds. The second-order valence-corrected chi connectivity index (χ2v) is 9.73. The van der Waals surface area contributed by atoms with Crippen molar-refractivity contribution in [3.05, 3.63) is 54.2 Å². The van der Waals surface area contributed by atoms with Gasteiger partial charge in [0.25, 0.3) is 0 Å². The Morgan fingerprint density at radius 3 is 2.45 bits per heavy atom. The van der Waals surface area contributed by atoms with Gasteiger partial charge >= 0.3 is 0 Å². The highest BCUT2D eigenvalue weighted by Gasteiger charge is 2.34. The highest BCUT2D eigenvalue weighted by Crippen LogP contribution is 2.34. The molecule has 1 aromatic carbocycles. The van der Waals surface area contributed by atoms with E-state index in [1.807, 2.05) is 6.20 Å². The molecule has 31 heavy (non-hydrogen) atoms. The predicted octanol–water partition coefficient (Wildman–Crippen LogP) is 4.60. The van der Waals surface area contributed by atoms with E-state index in [4.69, 9.17) is 21.9 Å². The molecule has 2 aliphatic rings. The number of aromatic nitrogens is 1. The Kier molecular flexibility index (Phi) is 7.08. The number of hydrogen-bond acceptors (Lipinski definition) is 4. The van der Waals surface area contributed by atoms with E-state index in [1.165, 1.54) is 12.0 Å². The van der Waals surface area contributed by atoms with E-state index >= 15 is 0 Å². The van der Waals surface area contributed by atoms with Gasteiger partial charge in [0, 0.05) is 38.3 Å². The average Bonchev–Trinajstić information content (AvgIpc) is 2.79. The van der Waals surface area contributed by atoms with Crippen molar-refractivity contribution < 1.29 is 4.74 Å². The molecule has 166 valence electrons. The Bertz CT molecular complexity index is 842. The van der Waals surface area contributed by atoms with Gasteiger partial charge in [-0.05, 0) is 61.0 Å². The number of thiocarbonyl (C=S) groups is 1. The van der Waals surface area contributed by atoms with Crippen LogP contribution < -0.4 is 15.5 Å². The first-order valence-corrected chi connectivity index (χ1v) is 11.8. The molecule has 2 atom stereocenters. The Morgan fingerprint density at radius 2 is 1.81 bits per heavy atom. The van der Waals surface area contributed by atoms with Gasteiger partial charge in [-0.25, -0.2) is 4.98 Å². The minimum absolute atomic E-state index is 0.0506. The van der Waals surface area contributed by atoms with Gasteiger partial charge in [0.15, 0.2) is 5.11 Å². The van der Waals surface area contributed by atoms with E-state index in [0.717, 1.165) is 57.2 Å². The smallest absolute Gasteiger partial charge is 0.170 e. The van der Waals surface area contributed by atoms with E-state index < -0.39 is 0 Å². The molecule has 6 heteroatoms. The van der Waals surface area contributed by atoms with Crippen molar-refractivity contribution in [1.29, 1.82) is 0 Å². The van der Waals surface area contributed by atoms with Crippen LogP contribution in [0.15, 0.2) is 48.7 Å². The summed E-state index contributed by atoms with van der Waals surface area (Å²) in [5.74, 6) is 2.47. The summed E-state index contributed by atoms with van der Waals surface area (Å²) in [6.07, 6.45) is 5.17. The lowest BCUT2D eigenvalue weighted by Gasteiger charge is -2.38. The standard InChI is InChI=1S/C25H34N4OS/c1-19-14-20(2)17-29(16-19)23-9-8-22(15-26-23)28-24(31)27-18-25(10-12-30-13-11-25)21-6-4-3-5-7-21/h3-9,15,19-20H,10-14,16-18H2,1-2H3,(H2,27,28,31)/t19-,20+. The number of hydrogen-bond donors (Lipinski definition) is 2. The molecule has 1 aromatic heterocycles. The van der Waals surface area contributed by atoms with Gasteiger partial charge in [0.2, 0.25) is 0 Å². The van der Waals surface area contributed by atoms with Gasteiger partial charge in [0.1, 0.15) is 5.82 Å². The summed E-state index contributed by atoms with van der Waals surface area (Å²) in [6, 6.07) is 14.9. The second-order valence-electron chi connectivity index (χ2n) is 9.32. The molecule has 0 saturated carbocycles. The number of pyridine rings is 1. The number of nitrogens with one attached hydrogen (secondary N) is 2. The van der Waals surface area contributed by atoms with Crippen LogP contribution in [0.25, 0.3) is 0 Å². The third kappa shape index (κ3) is 5.55. The zero-order chi connectivity index (χ0) is 21.7. The van der Waals surface area contributed by atoms with E-state index in [0.29, 0.717) is 16.9 Å². The van der Waals surface area contributed by atoms with Crippen molar-refractivity contribution in [2.45, 2.75) is 38.5 Å². The number of nitrogens with zero attached hydrogens (tertiary/aromatic N) is 2. The minimum atomic E-state index is 0.0506. The van der Waals surface area contributed by atoms with Gasteiger partial charge < -0.3 is 20.3 Å². The summed E-state index contributed by atoms with van der Waals surface area (Å²) < 4.78 is 5.63. The third-order valence-corrected chi connectivity index (χ3v) is 6.87. The first-order valence-electron chi connectivity index (χ1n) is 11.4. The Labute approximate surface area is 191 Å². The van der Waals surface area contributed by atoms with Crippen LogP contribution in [0.4, 0.5) is 11.5 Å². The molecule has 4 rings (SSSR count). The Hall–Kier alpha value is -2.18. The fraction of sp³-hybridized carbons (Fsp3) is 0.520. The van der Waals surface area contributed by atoms with E-state index in [-0.39, 0.29) is 5.41 Å². The van der Waals surface area contributed by atoms with Gasteiger partial charge in [-0.15, -0.1) is 0 Å². The molecule has 0 aliphatic carbocycles. The zero-order valence-corrected chi connectivity index (χ0v) is 19.5. The molecular weight excluding hydrogens is 404 g/mol. The Morgan fingerprint density at radius 1 is 1.10 bits per heavy atom. The highest BCUT2D eigenvalue weighted by atomic mass is 32.1. The SMILES string of the molecule is C[C@@H]1C[C@H](C)CN(c2ccc(NC(=S)NCC3(c4ccccc4)CCOCC3)cn2)C1. The van der Waals surface area contributed by atoms with Crippen molar-refractivity contribution in [2.75, 3.05) is 43.1 Å². The van der Waals surface area contributed by atoms with Crippen molar-refractivity contribution in [1.82, 2.24) is 10.3 Å². The summed E-state index contributed by atoms with van der Waals surface area (Å²) in [5.41, 5.74) is 2.32. The number of anilines is 2. The first kappa shape index (κ1) is 22.0. The lowest BCUT2D eigenvalue weighted by atomic mass is 9.74. The van der Waals surface area contributed by atoms with Gasteiger partial charge in [-0.3, -0.25) is 0 Å². The van der Waals surface area contributed by atoms with Crippen molar-refractivity contribution >= 4 is 28.8 Å². The number of piperidine rings is 1. The maximum Gasteiger partial charge on any atom is 0.170 e. The van der Waals surface area contributed by atoms with E-state index in [2.05, 4.69) is 71.8 Å². The molecule has 5 nitrogen and oxygen atoms in total. The van der Waals surface area contributed by atoms with Crippen LogP contribution in [0.3, 0.4) is 0 Å². The molecule has 2 aromatic rings. The highest BCUT2D eigenvalue weighted by molar-refractivity contribution is 7.80. The maximum absolute atomic E-state index is 5.63. The monoisotopic (exact) mass is 438 g/mol. The molecular formula is C25H34N4OS. The van der Waals surface area contributed by atoms with E-state index in [1.54, 1.807) is 0 Å². The van der Waals surface area contributed by atoms with Crippen LogP contribution >= 0.6 is 12.2 Å². The molecule has 2 aliphatic heterocycles. The van der Waals surface area contributed by atoms with Crippen LogP contribution in [0, 0.1) is 11.8 Å². The van der Waals surface area contributed by atoms with Crippen molar-refractivity contribution in [3.8, 4) is 0 Å². The quantitative estimate of drug-likeness (QED) is 0.666. The molecule has 0 bridgehead atoms. The molecule has 2 fully saturated rings. The number of rotatable bonds is 5. The molecule has 3 heterocycles. The number of benzene rings is 1.